The van der Waals surface area contributed by atoms with Crippen LogP contribution in [0.1, 0.15) is 49.4 Å². The Morgan fingerprint density at radius 2 is 1.73 bits per heavy atom. The van der Waals surface area contributed by atoms with Gasteiger partial charge in [0.1, 0.15) is 0 Å². The van der Waals surface area contributed by atoms with Crippen molar-refractivity contribution in [1.82, 2.24) is 0 Å². The summed E-state index contributed by atoms with van der Waals surface area (Å²) in [6.07, 6.45) is 5.21. The number of anilines is 1. The zero-order valence-electron chi connectivity index (χ0n) is 16.9. The molecule has 0 aliphatic rings. The summed E-state index contributed by atoms with van der Waals surface area (Å²) in [5.41, 5.74) is 9.14. The molecule has 2 nitrogen and oxygen atoms in total. The van der Waals surface area contributed by atoms with E-state index in [0.717, 1.165) is 29.2 Å². The minimum absolute atomic E-state index is 0.948. The van der Waals surface area contributed by atoms with Gasteiger partial charge in [-0.1, -0.05) is 49.4 Å². The summed E-state index contributed by atoms with van der Waals surface area (Å²) >= 11 is 0. The fourth-order valence-corrected chi connectivity index (χ4v) is 2.77. The lowest BCUT2D eigenvalue weighted by molar-refractivity contribution is 1.16. The van der Waals surface area contributed by atoms with Crippen LogP contribution in [0.15, 0.2) is 71.0 Å². The zero-order valence-corrected chi connectivity index (χ0v) is 16.9. The first-order valence-electron chi connectivity index (χ1n) is 9.28. The number of nitrogens with zero attached hydrogens (tertiary/aromatic N) is 1. The minimum Gasteiger partial charge on any atom is -0.354 e. The summed E-state index contributed by atoms with van der Waals surface area (Å²) in [7, 11) is 0. The van der Waals surface area contributed by atoms with Crippen LogP contribution in [-0.2, 0) is 0 Å². The maximum absolute atomic E-state index is 4.93. The summed E-state index contributed by atoms with van der Waals surface area (Å²) in [4.78, 5) is 4.93. The number of allylic oxidation sites excluding steroid dienone is 2. The fraction of sp³-hybridized carbons (Fsp3) is 0.292. The van der Waals surface area contributed by atoms with Crippen molar-refractivity contribution in [3.05, 3.63) is 88.3 Å². The molecule has 0 unspecified atom stereocenters. The second kappa shape index (κ2) is 9.19. The van der Waals surface area contributed by atoms with Crippen LogP contribution >= 0.6 is 0 Å². The Kier molecular flexibility index (Phi) is 6.97. The lowest BCUT2D eigenvalue weighted by atomic mass is 10.0. The normalized spacial score (nSPS) is 13.1. The van der Waals surface area contributed by atoms with Crippen LogP contribution in [-0.4, -0.2) is 5.71 Å². The van der Waals surface area contributed by atoms with E-state index in [1.54, 1.807) is 0 Å². The molecule has 0 aliphatic carbocycles. The Morgan fingerprint density at radius 3 is 2.35 bits per heavy atom. The minimum atomic E-state index is 0.948. The van der Waals surface area contributed by atoms with Gasteiger partial charge in [-0.05, 0) is 75.4 Å². The van der Waals surface area contributed by atoms with Gasteiger partial charge in [-0.25, -0.2) is 0 Å². The highest BCUT2D eigenvalue weighted by molar-refractivity contribution is 5.99. The molecular weight excluding hydrogens is 316 g/mol. The molecule has 2 heteroatoms. The van der Waals surface area contributed by atoms with Crippen molar-refractivity contribution >= 4 is 11.4 Å². The van der Waals surface area contributed by atoms with Gasteiger partial charge in [-0.3, -0.25) is 4.99 Å². The molecule has 0 atom stereocenters. The van der Waals surface area contributed by atoms with Crippen molar-refractivity contribution in [3.8, 4) is 0 Å². The van der Waals surface area contributed by atoms with Crippen LogP contribution in [0.25, 0.3) is 0 Å². The van der Waals surface area contributed by atoms with Crippen LogP contribution < -0.4 is 5.32 Å². The van der Waals surface area contributed by atoms with Crippen LogP contribution in [0.2, 0.25) is 0 Å². The van der Waals surface area contributed by atoms with Crippen molar-refractivity contribution in [3.63, 3.8) is 0 Å². The predicted octanol–water partition coefficient (Wildman–Crippen LogP) is 6.73. The van der Waals surface area contributed by atoms with Crippen molar-refractivity contribution in [1.29, 1.82) is 0 Å². The van der Waals surface area contributed by atoms with E-state index >= 15 is 0 Å². The Morgan fingerprint density at radius 1 is 1.00 bits per heavy atom. The highest BCUT2D eigenvalue weighted by Gasteiger charge is 2.07. The van der Waals surface area contributed by atoms with Gasteiger partial charge < -0.3 is 5.32 Å². The SMILES string of the molecule is C/C=C(\N=C(/C)c1ccc(C)c(C)c1)C(=C\CC)/Nc1ccccc1C. The molecule has 0 spiro atoms. The molecule has 0 aromatic heterocycles. The third-order valence-electron chi connectivity index (χ3n) is 4.58. The Balaban J connectivity index is 2.35. The standard InChI is InChI=1S/C24H30N2/c1-7-11-24(26-23-13-10-9-12-18(23)4)22(8-2)25-20(6)21-15-14-17(3)19(5)16-21/h8-16,26H,7H2,1-6H3/b22-8-,24-11+,25-20+. The number of benzene rings is 2. The summed E-state index contributed by atoms with van der Waals surface area (Å²) in [5.74, 6) is 0. The molecule has 2 aromatic carbocycles. The first-order valence-corrected chi connectivity index (χ1v) is 9.28. The van der Waals surface area contributed by atoms with Gasteiger partial charge >= 0.3 is 0 Å². The molecule has 2 rings (SSSR count). The van der Waals surface area contributed by atoms with E-state index in [9.17, 15) is 0 Å². The predicted molar refractivity (Wildman–Crippen MR) is 115 cm³/mol. The molecule has 0 bridgehead atoms. The van der Waals surface area contributed by atoms with Gasteiger partial charge in [-0.15, -0.1) is 0 Å². The fourth-order valence-electron chi connectivity index (χ4n) is 2.77. The van der Waals surface area contributed by atoms with E-state index in [2.05, 4.69) is 94.6 Å². The smallest absolute Gasteiger partial charge is 0.0822 e. The largest absolute Gasteiger partial charge is 0.354 e. The van der Waals surface area contributed by atoms with Crippen molar-refractivity contribution in [2.24, 2.45) is 4.99 Å². The average molecular weight is 347 g/mol. The van der Waals surface area contributed by atoms with Crippen LogP contribution in [0.3, 0.4) is 0 Å². The number of aliphatic imine (C=N–C) groups is 1. The van der Waals surface area contributed by atoms with E-state index in [4.69, 9.17) is 4.99 Å². The van der Waals surface area contributed by atoms with E-state index in [-0.39, 0.29) is 0 Å². The third kappa shape index (κ3) is 4.95. The molecule has 26 heavy (non-hydrogen) atoms. The molecule has 136 valence electrons. The zero-order chi connectivity index (χ0) is 19.1. The second-order valence-electron chi connectivity index (χ2n) is 6.64. The summed E-state index contributed by atoms with van der Waals surface area (Å²) in [6, 6.07) is 14.8. The van der Waals surface area contributed by atoms with Crippen molar-refractivity contribution < 1.29 is 0 Å². The Bertz CT molecular complexity index is 854. The number of hydrogen-bond donors (Lipinski definition) is 1. The maximum Gasteiger partial charge on any atom is 0.0822 e. The lowest BCUT2D eigenvalue weighted by Gasteiger charge is -2.15. The number of nitrogens with one attached hydrogen (secondary N) is 1. The van der Waals surface area contributed by atoms with Crippen molar-refractivity contribution in [2.75, 3.05) is 5.32 Å². The number of rotatable bonds is 6. The highest BCUT2D eigenvalue weighted by atomic mass is 14.9. The number of para-hydroxylation sites is 1. The van der Waals surface area contributed by atoms with Gasteiger partial charge in [0.25, 0.3) is 0 Å². The monoisotopic (exact) mass is 346 g/mol. The van der Waals surface area contributed by atoms with E-state index in [1.165, 1.54) is 22.3 Å². The Labute approximate surface area is 158 Å². The first-order chi connectivity index (χ1) is 12.5. The first kappa shape index (κ1) is 19.7. The number of hydrogen-bond acceptors (Lipinski definition) is 2. The molecular formula is C24H30N2. The highest BCUT2D eigenvalue weighted by Crippen LogP contribution is 2.22. The van der Waals surface area contributed by atoms with Gasteiger partial charge in [0.05, 0.1) is 11.4 Å². The van der Waals surface area contributed by atoms with Crippen LogP contribution in [0, 0.1) is 20.8 Å². The lowest BCUT2D eigenvalue weighted by Crippen LogP contribution is -2.05. The van der Waals surface area contributed by atoms with E-state index in [1.807, 2.05) is 6.92 Å². The second-order valence-corrected chi connectivity index (χ2v) is 6.64. The summed E-state index contributed by atoms with van der Waals surface area (Å²) < 4.78 is 0. The average Bonchev–Trinajstić information content (AvgIpc) is 2.63. The van der Waals surface area contributed by atoms with E-state index < -0.39 is 0 Å². The van der Waals surface area contributed by atoms with Gasteiger partial charge in [0.15, 0.2) is 0 Å². The number of aryl methyl sites for hydroxylation is 3. The molecule has 0 radical (unpaired) electrons. The molecule has 0 heterocycles. The summed E-state index contributed by atoms with van der Waals surface area (Å²) in [6.45, 7) is 12.7. The van der Waals surface area contributed by atoms with Gasteiger partial charge in [0, 0.05) is 11.4 Å². The van der Waals surface area contributed by atoms with Gasteiger partial charge in [0.2, 0.25) is 0 Å². The quantitative estimate of drug-likeness (QED) is 0.455. The van der Waals surface area contributed by atoms with Gasteiger partial charge in [-0.2, -0.15) is 0 Å². The third-order valence-corrected chi connectivity index (χ3v) is 4.58. The molecule has 0 saturated heterocycles. The maximum atomic E-state index is 4.93. The molecule has 0 fully saturated rings. The molecule has 0 aliphatic heterocycles. The molecule has 0 amide bonds. The topological polar surface area (TPSA) is 24.4 Å². The summed E-state index contributed by atoms with van der Waals surface area (Å²) in [5, 5.41) is 3.56. The van der Waals surface area contributed by atoms with Crippen molar-refractivity contribution in [2.45, 2.75) is 48.0 Å². The van der Waals surface area contributed by atoms with Crippen LogP contribution in [0.4, 0.5) is 5.69 Å². The van der Waals surface area contributed by atoms with Crippen LogP contribution in [0.5, 0.6) is 0 Å². The molecule has 1 N–H and O–H groups in total. The Hall–Kier alpha value is -2.61. The van der Waals surface area contributed by atoms with E-state index in [0.29, 0.717) is 0 Å². The molecule has 2 aromatic rings. The molecule has 0 saturated carbocycles.